The van der Waals surface area contributed by atoms with Gasteiger partial charge in [-0.3, -0.25) is 4.79 Å². The Morgan fingerprint density at radius 2 is 1.31 bits per heavy atom. The van der Waals surface area contributed by atoms with E-state index in [1.807, 2.05) is 54.6 Å². The Balaban J connectivity index is 1.76. The van der Waals surface area contributed by atoms with Gasteiger partial charge in [0.2, 0.25) is 0 Å². The highest BCUT2D eigenvalue weighted by molar-refractivity contribution is 6.09. The van der Waals surface area contributed by atoms with E-state index in [1.165, 1.54) is 7.05 Å². The van der Waals surface area contributed by atoms with Crippen molar-refractivity contribution in [2.24, 2.45) is 0 Å². The van der Waals surface area contributed by atoms with Gasteiger partial charge in [0.1, 0.15) is 0 Å². The fourth-order valence-electron chi connectivity index (χ4n) is 4.03. The molecule has 0 heterocycles. The fraction of sp³-hybridized carbons (Fsp3) is 0.148. The van der Waals surface area contributed by atoms with Crippen LogP contribution in [0.25, 0.3) is 21.9 Å². The van der Waals surface area contributed by atoms with Crippen LogP contribution in [0.4, 0.5) is 26.3 Å². The van der Waals surface area contributed by atoms with Crippen molar-refractivity contribution in [1.82, 2.24) is 4.90 Å². The van der Waals surface area contributed by atoms with Gasteiger partial charge in [0, 0.05) is 24.7 Å². The molecule has 4 aromatic carbocycles. The molecule has 0 aliphatic carbocycles. The molecule has 0 aromatic heterocycles. The van der Waals surface area contributed by atoms with Crippen LogP contribution < -0.4 is 0 Å². The van der Waals surface area contributed by atoms with E-state index in [-0.39, 0.29) is 11.6 Å². The SMILES string of the molecule is CN(Cc1cc(C(F)(F)F)cc(C(F)(F)F)c1)C(=O)c1ccc2ccccc2c1-c1ccccc1. The molecule has 1 amide bonds. The van der Waals surface area contributed by atoms with E-state index in [1.54, 1.807) is 12.1 Å². The van der Waals surface area contributed by atoms with Crippen molar-refractivity contribution in [1.29, 1.82) is 0 Å². The fourth-order valence-corrected chi connectivity index (χ4v) is 4.03. The number of halogens is 6. The summed E-state index contributed by atoms with van der Waals surface area (Å²) in [6.07, 6.45) is -9.92. The van der Waals surface area contributed by atoms with Gasteiger partial charge in [-0.15, -0.1) is 0 Å². The molecule has 0 spiro atoms. The number of carbonyl (C=O) groups excluding carboxylic acids is 1. The number of fused-ring (bicyclic) bond motifs is 1. The first kappa shape index (κ1) is 24.3. The topological polar surface area (TPSA) is 20.3 Å². The van der Waals surface area contributed by atoms with Crippen molar-refractivity contribution in [2.45, 2.75) is 18.9 Å². The second-order valence-electron chi connectivity index (χ2n) is 8.15. The van der Waals surface area contributed by atoms with Crippen LogP contribution in [0, 0.1) is 0 Å². The summed E-state index contributed by atoms with van der Waals surface area (Å²) in [7, 11) is 1.35. The molecular weight excluding hydrogens is 468 g/mol. The van der Waals surface area contributed by atoms with Gasteiger partial charge in [-0.1, -0.05) is 60.7 Å². The number of amides is 1. The molecule has 0 aliphatic heterocycles. The zero-order valence-electron chi connectivity index (χ0n) is 18.4. The van der Waals surface area contributed by atoms with Gasteiger partial charge in [-0.25, -0.2) is 0 Å². The molecule has 0 aliphatic rings. The summed E-state index contributed by atoms with van der Waals surface area (Å²) in [4.78, 5) is 14.5. The molecule has 0 radical (unpaired) electrons. The van der Waals surface area contributed by atoms with Crippen LogP contribution >= 0.6 is 0 Å². The molecule has 2 nitrogen and oxygen atoms in total. The third-order valence-electron chi connectivity index (χ3n) is 5.64. The average Bonchev–Trinajstić information content (AvgIpc) is 2.82. The molecule has 0 saturated heterocycles. The Hall–Kier alpha value is -3.81. The Kier molecular flexibility index (Phi) is 6.32. The minimum Gasteiger partial charge on any atom is -0.337 e. The number of nitrogens with zero attached hydrogens (tertiary/aromatic N) is 1. The number of hydrogen-bond acceptors (Lipinski definition) is 1. The highest BCUT2D eigenvalue weighted by Gasteiger charge is 2.37. The third kappa shape index (κ3) is 5.16. The van der Waals surface area contributed by atoms with Crippen molar-refractivity contribution >= 4 is 16.7 Å². The summed E-state index contributed by atoms with van der Waals surface area (Å²) in [6, 6.07) is 21.3. The molecule has 0 N–H and O–H groups in total. The van der Waals surface area contributed by atoms with E-state index in [9.17, 15) is 31.1 Å². The van der Waals surface area contributed by atoms with E-state index >= 15 is 0 Å². The van der Waals surface area contributed by atoms with E-state index in [0.29, 0.717) is 23.3 Å². The number of alkyl halides is 6. The van der Waals surface area contributed by atoms with Gasteiger partial charge in [-0.05, 0) is 46.2 Å². The highest BCUT2D eigenvalue weighted by atomic mass is 19.4. The summed E-state index contributed by atoms with van der Waals surface area (Å²) in [5, 5.41) is 1.69. The predicted octanol–water partition coefficient (Wildman–Crippen LogP) is 7.82. The Morgan fingerprint density at radius 3 is 1.91 bits per heavy atom. The molecule has 0 fully saturated rings. The minimum absolute atomic E-state index is 0.0716. The molecule has 0 bridgehead atoms. The smallest absolute Gasteiger partial charge is 0.337 e. The molecule has 35 heavy (non-hydrogen) atoms. The Morgan fingerprint density at radius 1 is 0.743 bits per heavy atom. The van der Waals surface area contributed by atoms with Crippen molar-refractivity contribution < 1.29 is 31.1 Å². The quantitative estimate of drug-likeness (QED) is 0.269. The maximum absolute atomic E-state index is 13.4. The van der Waals surface area contributed by atoms with Gasteiger partial charge in [0.15, 0.2) is 0 Å². The molecule has 0 saturated carbocycles. The average molecular weight is 487 g/mol. The van der Waals surface area contributed by atoms with Crippen molar-refractivity contribution in [2.75, 3.05) is 7.05 Å². The highest BCUT2D eigenvalue weighted by Crippen LogP contribution is 2.37. The summed E-state index contributed by atoms with van der Waals surface area (Å²) in [5.74, 6) is -0.527. The lowest BCUT2D eigenvalue weighted by molar-refractivity contribution is -0.143. The number of carbonyl (C=O) groups is 1. The molecule has 4 rings (SSSR count). The lowest BCUT2D eigenvalue weighted by atomic mass is 9.92. The molecule has 0 atom stereocenters. The predicted molar refractivity (Wildman–Crippen MR) is 122 cm³/mol. The van der Waals surface area contributed by atoms with Crippen LogP contribution in [0.2, 0.25) is 0 Å². The summed E-state index contributed by atoms with van der Waals surface area (Å²) < 4.78 is 79.4. The van der Waals surface area contributed by atoms with Crippen LogP contribution in [-0.4, -0.2) is 17.9 Å². The van der Waals surface area contributed by atoms with Crippen LogP contribution in [0.3, 0.4) is 0 Å². The van der Waals surface area contributed by atoms with Crippen LogP contribution in [0.5, 0.6) is 0 Å². The Labute approximate surface area is 197 Å². The van der Waals surface area contributed by atoms with Gasteiger partial charge in [0.25, 0.3) is 5.91 Å². The van der Waals surface area contributed by atoms with Gasteiger partial charge in [0.05, 0.1) is 11.1 Å². The lowest BCUT2D eigenvalue weighted by Crippen LogP contribution is -2.27. The van der Waals surface area contributed by atoms with Crippen molar-refractivity contribution in [3.05, 3.63) is 107 Å². The zero-order valence-corrected chi connectivity index (χ0v) is 18.4. The zero-order chi connectivity index (χ0) is 25.4. The van der Waals surface area contributed by atoms with Gasteiger partial charge < -0.3 is 4.90 Å². The Bertz CT molecular complexity index is 1340. The monoisotopic (exact) mass is 487 g/mol. The second-order valence-corrected chi connectivity index (χ2v) is 8.15. The van der Waals surface area contributed by atoms with E-state index in [2.05, 4.69) is 0 Å². The summed E-state index contributed by atoms with van der Waals surface area (Å²) >= 11 is 0. The van der Waals surface area contributed by atoms with E-state index < -0.39 is 35.9 Å². The minimum atomic E-state index is -4.96. The molecule has 4 aromatic rings. The second kappa shape index (κ2) is 9.09. The molecule has 180 valence electrons. The molecule has 0 unspecified atom stereocenters. The number of rotatable bonds is 4. The lowest BCUT2D eigenvalue weighted by Gasteiger charge is -2.22. The maximum atomic E-state index is 13.4. The molecule has 8 heteroatoms. The van der Waals surface area contributed by atoms with Crippen molar-refractivity contribution in [3.63, 3.8) is 0 Å². The van der Waals surface area contributed by atoms with Gasteiger partial charge in [-0.2, -0.15) is 26.3 Å². The van der Waals surface area contributed by atoms with E-state index in [0.717, 1.165) is 21.2 Å². The number of benzene rings is 4. The first-order chi connectivity index (χ1) is 16.4. The van der Waals surface area contributed by atoms with E-state index in [4.69, 9.17) is 0 Å². The number of hydrogen-bond donors (Lipinski definition) is 0. The first-order valence-corrected chi connectivity index (χ1v) is 10.6. The normalized spacial score (nSPS) is 12.1. The largest absolute Gasteiger partial charge is 0.416 e. The maximum Gasteiger partial charge on any atom is 0.416 e. The summed E-state index contributed by atoms with van der Waals surface area (Å²) in [6.45, 7) is -0.438. The molecular formula is C27H19F6NO. The van der Waals surface area contributed by atoms with Crippen molar-refractivity contribution in [3.8, 4) is 11.1 Å². The standard InChI is InChI=1S/C27H19F6NO/c1-34(16-17-13-20(26(28,29)30)15-21(14-17)27(31,32)33)25(35)23-12-11-18-7-5-6-10-22(18)24(23)19-8-3-2-4-9-19/h2-15H,16H2,1H3. The third-order valence-corrected chi connectivity index (χ3v) is 5.64. The van der Waals surface area contributed by atoms with Crippen LogP contribution in [0.1, 0.15) is 27.0 Å². The first-order valence-electron chi connectivity index (χ1n) is 10.6. The van der Waals surface area contributed by atoms with Crippen LogP contribution in [0.15, 0.2) is 84.9 Å². The van der Waals surface area contributed by atoms with Gasteiger partial charge >= 0.3 is 12.4 Å². The van der Waals surface area contributed by atoms with Crippen LogP contribution in [-0.2, 0) is 18.9 Å². The summed E-state index contributed by atoms with van der Waals surface area (Å²) in [5.41, 5.74) is -1.41.